The Kier molecular flexibility index (Phi) is 5.17. The van der Waals surface area contributed by atoms with Gasteiger partial charge in [0.05, 0.1) is 13.2 Å². The molecular formula is C21H20N2O3. The lowest BCUT2D eigenvalue weighted by atomic mass is 9.98. The summed E-state index contributed by atoms with van der Waals surface area (Å²) in [6.45, 7) is 1.47. The van der Waals surface area contributed by atoms with Crippen LogP contribution in [0.2, 0.25) is 0 Å². The third kappa shape index (κ3) is 3.83. The van der Waals surface area contributed by atoms with Crippen LogP contribution < -0.4 is 10.1 Å². The first-order chi connectivity index (χ1) is 12.6. The van der Waals surface area contributed by atoms with E-state index in [4.69, 9.17) is 4.74 Å². The van der Waals surface area contributed by atoms with Crippen LogP contribution >= 0.6 is 0 Å². The van der Waals surface area contributed by atoms with Gasteiger partial charge in [0.25, 0.3) is 5.91 Å². The molecular weight excluding hydrogens is 328 g/mol. The molecule has 26 heavy (non-hydrogen) atoms. The average Bonchev–Trinajstić information content (AvgIpc) is 3.17. The van der Waals surface area contributed by atoms with Gasteiger partial charge >= 0.3 is 0 Å². The van der Waals surface area contributed by atoms with Crippen LogP contribution in [0.4, 0.5) is 0 Å². The van der Waals surface area contributed by atoms with Crippen molar-refractivity contribution in [3.63, 3.8) is 0 Å². The molecule has 0 aliphatic heterocycles. The number of nitrogens with one attached hydrogen (secondary N) is 2. The van der Waals surface area contributed by atoms with Crippen molar-refractivity contribution in [1.82, 2.24) is 10.3 Å². The number of benzene rings is 2. The number of ketones is 1. The zero-order valence-electron chi connectivity index (χ0n) is 14.7. The molecule has 0 radical (unpaired) electrons. The minimum Gasteiger partial charge on any atom is -0.497 e. The Morgan fingerprint density at radius 3 is 2.23 bits per heavy atom. The maximum absolute atomic E-state index is 12.7. The van der Waals surface area contributed by atoms with E-state index >= 15 is 0 Å². The first-order valence-electron chi connectivity index (χ1n) is 8.27. The lowest BCUT2D eigenvalue weighted by molar-refractivity contribution is 0.0938. The minimum absolute atomic E-state index is 0.0879. The molecule has 132 valence electrons. The van der Waals surface area contributed by atoms with Gasteiger partial charge in [-0.15, -0.1) is 0 Å². The van der Waals surface area contributed by atoms with E-state index in [9.17, 15) is 9.59 Å². The monoisotopic (exact) mass is 348 g/mol. The Balaban J connectivity index is 1.90. The van der Waals surface area contributed by atoms with Crippen LogP contribution in [0.1, 0.15) is 44.9 Å². The second kappa shape index (κ2) is 7.70. The van der Waals surface area contributed by atoms with Crippen LogP contribution in [0.3, 0.4) is 0 Å². The van der Waals surface area contributed by atoms with Gasteiger partial charge in [0, 0.05) is 11.8 Å². The number of methoxy groups -OCH3 is 1. The number of Topliss-reactive ketones (excluding diaryl/α,β-unsaturated/α-hetero) is 1. The Morgan fingerprint density at radius 2 is 1.65 bits per heavy atom. The van der Waals surface area contributed by atoms with Crippen molar-refractivity contribution >= 4 is 11.7 Å². The average molecular weight is 348 g/mol. The number of carbonyl (C=O) groups is 2. The van der Waals surface area contributed by atoms with Gasteiger partial charge in [-0.05, 0) is 36.2 Å². The lowest BCUT2D eigenvalue weighted by Crippen LogP contribution is -2.29. The number of carbonyl (C=O) groups excluding carboxylic acids is 2. The van der Waals surface area contributed by atoms with Gasteiger partial charge in [0.15, 0.2) is 5.78 Å². The molecule has 0 bridgehead atoms. The largest absolute Gasteiger partial charge is 0.497 e. The fourth-order valence-corrected chi connectivity index (χ4v) is 2.74. The standard InChI is InChI=1S/C21H20N2O3/c1-14(24)17-12-19(22-13-17)21(25)23-20(15-6-4-3-5-7-15)16-8-10-18(26-2)11-9-16/h3-13,20,22H,1-2H3,(H,23,25). The van der Waals surface area contributed by atoms with Crippen molar-refractivity contribution < 1.29 is 14.3 Å². The smallest absolute Gasteiger partial charge is 0.268 e. The molecule has 1 atom stereocenters. The Morgan fingerprint density at radius 1 is 1.00 bits per heavy atom. The fraction of sp³-hybridized carbons (Fsp3) is 0.143. The van der Waals surface area contributed by atoms with E-state index in [-0.39, 0.29) is 17.7 Å². The highest BCUT2D eigenvalue weighted by molar-refractivity contribution is 5.99. The van der Waals surface area contributed by atoms with E-state index in [0.717, 1.165) is 16.9 Å². The quantitative estimate of drug-likeness (QED) is 0.667. The number of hydrogen-bond donors (Lipinski definition) is 2. The van der Waals surface area contributed by atoms with Crippen molar-refractivity contribution in [3.8, 4) is 5.75 Å². The van der Waals surface area contributed by atoms with Gasteiger partial charge in [0.1, 0.15) is 11.4 Å². The van der Waals surface area contributed by atoms with Crippen molar-refractivity contribution in [2.75, 3.05) is 7.11 Å². The molecule has 0 fully saturated rings. The van der Waals surface area contributed by atoms with Gasteiger partial charge < -0.3 is 15.0 Å². The molecule has 0 spiro atoms. The van der Waals surface area contributed by atoms with Crippen molar-refractivity contribution in [1.29, 1.82) is 0 Å². The predicted molar refractivity (Wildman–Crippen MR) is 99.5 cm³/mol. The zero-order valence-corrected chi connectivity index (χ0v) is 14.7. The normalized spacial score (nSPS) is 11.6. The van der Waals surface area contributed by atoms with Crippen molar-refractivity contribution in [2.45, 2.75) is 13.0 Å². The van der Waals surface area contributed by atoms with Gasteiger partial charge in [-0.3, -0.25) is 9.59 Å². The lowest BCUT2D eigenvalue weighted by Gasteiger charge is -2.20. The summed E-state index contributed by atoms with van der Waals surface area (Å²) in [5.74, 6) is 0.389. The van der Waals surface area contributed by atoms with Crippen molar-refractivity contribution in [2.24, 2.45) is 0 Å². The number of aromatic amines is 1. The van der Waals surface area contributed by atoms with E-state index < -0.39 is 0 Å². The summed E-state index contributed by atoms with van der Waals surface area (Å²) in [5, 5.41) is 3.03. The molecule has 5 nitrogen and oxygen atoms in total. The molecule has 1 aromatic heterocycles. The van der Waals surface area contributed by atoms with Crippen LogP contribution in [0.15, 0.2) is 66.9 Å². The third-order valence-electron chi connectivity index (χ3n) is 4.19. The summed E-state index contributed by atoms with van der Waals surface area (Å²) >= 11 is 0. The van der Waals surface area contributed by atoms with Crippen LogP contribution in [0, 0.1) is 0 Å². The molecule has 1 unspecified atom stereocenters. The molecule has 0 aliphatic carbocycles. The molecule has 5 heteroatoms. The number of H-pyrrole nitrogens is 1. The molecule has 0 saturated heterocycles. The number of ether oxygens (including phenoxy) is 1. The number of amides is 1. The summed E-state index contributed by atoms with van der Waals surface area (Å²) in [6, 6.07) is 18.5. The van der Waals surface area contributed by atoms with E-state index in [2.05, 4.69) is 10.3 Å². The van der Waals surface area contributed by atoms with Gasteiger partial charge in [0.2, 0.25) is 0 Å². The highest BCUT2D eigenvalue weighted by atomic mass is 16.5. The molecule has 3 rings (SSSR count). The Bertz CT molecular complexity index is 899. The van der Waals surface area contributed by atoms with E-state index in [1.807, 2.05) is 54.6 Å². The maximum atomic E-state index is 12.7. The molecule has 2 N–H and O–H groups in total. The summed E-state index contributed by atoms with van der Waals surface area (Å²) in [5.41, 5.74) is 2.73. The zero-order chi connectivity index (χ0) is 18.5. The number of rotatable bonds is 6. The summed E-state index contributed by atoms with van der Waals surface area (Å²) in [7, 11) is 1.61. The SMILES string of the molecule is COc1ccc(C(NC(=O)c2cc(C(C)=O)c[nH]2)c2ccccc2)cc1. The first-order valence-corrected chi connectivity index (χ1v) is 8.27. The molecule has 3 aromatic rings. The van der Waals surface area contributed by atoms with Crippen LogP contribution in [0.25, 0.3) is 0 Å². The fourth-order valence-electron chi connectivity index (χ4n) is 2.74. The highest BCUT2D eigenvalue weighted by Crippen LogP contribution is 2.24. The predicted octanol–water partition coefficient (Wildman–Crippen LogP) is 3.75. The second-order valence-electron chi connectivity index (χ2n) is 5.95. The van der Waals surface area contributed by atoms with E-state index in [1.165, 1.54) is 6.92 Å². The molecule has 0 aliphatic rings. The van der Waals surface area contributed by atoms with Gasteiger partial charge in [-0.1, -0.05) is 42.5 Å². The molecule has 1 amide bonds. The Labute approximate surface area is 152 Å². The van der Waals surface area contributed by atoms with E-state index in [0.29, 0.717) is 11.3 Å². The Hall–Kier alpha value is -3.34. The van der Waals surface area contributed by atoms with Crippen molar-refractivity contribution in [3.05, 3.63) is 89.2 Å². The topological polar surface area (TPSA) is 71.2 Å². The first kappa shape index (κ1) is 17.5. The molecule has 1 heterocycles. The minimum atomic E-state index is -0.321. The third-order valence-corrected chi connectivity index (χ3v) is 4.19. The summed E-state index contributed by atoms with van der Waals surface area (Å²) in [4.78, 5) is 27.0. The van der Waals surface area contributed by atoms with Crippen LogP contribution in [-0.4, -0.2) is 23.8 Å². The highest BCUT2D eigenvalue weighted by Gasteiger charge is 2.19. The van der Waals surface area contributed by atoms with Gasteiger partial charge in [-0.2, -0.15) is 0 Å². The van der Waals surface area contributed by atoms with Crippen LogP contribution in [-0.2, 0) is 0 Å². The van der Waals surface area contributed by atoms with Crippen LogP contribution in [0.5, 0.6) is 5.75 Å². The van der Waals surface area contributed by atoms with Gasteiger partial charge in [-0.25, -0.2) is 0 Å². The number of hydrogen-bond acceptors (Lipinski definition) is 3. The molecule has 0 saturated carbocycles. The summed E-state index contributed by atoms with van der Waals surface area (Å²) in [6.07, 6.45) is 1.54. The summed E-state index contributed by atoms with van der Waals surface area (Å²) < 4.78 is 5.21. The van der Waals surface area contributed by atoms with E-state index in [1.54, 1.807) is 19.4 Å². The maximum Gasteiger partial charge on any atom is 0.268 e. The second-order valence-corrected chi connectivity index (χ2v) is 5.95. The molecule has 2 aromatic carbocycles. The number of aromatic nitrogens is 1.